The predicted octanol–water partition coefficient (Wildman–Crippen LogP) is -0.977. The summed E-state index contributed by atoms with van der Waals surface area (Å²) in [6.07, 6.45) is 3.46. The van der Waals surface area contributed by atoms with E-state index >= 15 is 0 Å². The standard InChI is InChI=1S/C9H12F2N.BrH/c1-9(10,11)5-8-12-6-3-2-4-7-12;/h2-4,6-7H,5,8H2,1H3;1H/q+1;/p-1. The van der Waals surface area contributed by atoms with Crippen LogP contribution in [0.5, 0.6) is 0 Å². The minimum Gasteiger partial charge on any atom is -1.00 e. The number of halogens is 3. The summed E-state index contributed by atoms with van der Waals surface area (Å²) in [5.74, 6) is -2.57. The molecule has 0 saturated carbocycles. The van der Waals surface area contributed by atoms with Crippen molar-refractivity contribution in [2.45, 2.75) is 25.8 Å². The van der Waals surface area contributed by atoms with Gasteiger partial charge in [0.2, 0.25) is 0 Å². The maximum atomic E-state index is 12.4. The van der Waals surface area contributed by atoms with Crippen LogP contribution in [0.4, 0.5) is 8.78 Å². The van der Waals surface area contributed by atoms with Crippen molar-refractivity contribution in [3.63, 3.8) is 0 Å². The van der Waals surface area contributed by atoms with Gasteiger partial charge in [-0.3, -0.25) is 0 Å². The quantitative estimate of drug-likeness (QED) is 0.609. The molecule has 0 fully saturated rings. The molecule has 0 aliphatic heterocycles. The van der Waals surface area contributed by atoms with Gasteiger partial charge in [-0.15, -0.1) is 0 Å². The van der Waals surface area contributed by atoms with Gasteiger partial charge >= 0.3 is 0 Å². The van der Waals surface area contributed by atoms with E-state index in [-0.39, 0.29) is 23.4 Å². The van der Waals surface area contributed by atoms with Crippen molar-refractivity contribution in [1.82, 2.24) is 0 Å². The molecule has 0 aliphatic rings. The van der Waals surface area contributed by atoms with Gasteiger partial charge in [-0.25, -0.2) is 13.3 Å². The fourth-order valence-electron chi connectivity index (χ4n) is 0.909. The third kappa shape index (κ3) is 5.69. The van der Waals surface area contributed by atoms with Crippen molar-refractivity contribution < 1.29 is 30.3 Å². The first-order valence-corrected chi connectivity index (χ1v) is 3.90. The van der Waals surface area contributed by atoms with E-state index in [0.29, 0.717) is 6.54 Å². The summed E-state index contributed by atoms with van der Waals surface area (Å²) in [5, 5.41) is 0. The zero-order valence-electron chi connectivity index (χ0n) is 7.38. The molecule has 0 aliphatic carbocycles. The van der Waals surface area contributed by atoms with Crippen LogP contribution in [0, 0.1) is 0 Å². The largest absolute Gasteiger partial charge is 1.00 e. The normalized spacial score (nSPS) is 10.7. The Bertz CT molecular complexity index is 233. The lowest BCUT2D eigenvalue weighted by Crippen LogP contribution is -3.00. The minimum absolute atomic E-state index is 0. The fourth-order valence-corrected chi connectivity index (χ4v) is 0.909. The van der Waals surface area contributed by atoms with Crippen molar-refractivity contribution in [3.05, 3.63) is 30.6 Å². The minimum atomic E-state index is -2.57. The summed E-state index contributed by atoms with van der Waals surface area (Å²) in [7, 11) is 0. The Kier molecular flexibility index (Phi) is 5.06. The number of aryl methyl sites for hydroxylation is 1. The van der Waals surface area contributed by atoms with Gasteiger partial charge in [0.05, 0.1) is 6.42 Å². The Morgan fingerprint density at radius 3 is 2.15 bits per heavy atom. The zero-order chi connectivity index (χ0) is 9.03. The van der Waals surface area contributed by atoms with Crippen LogP contribution in [-0.4, -0.2) is 5.92 Å². The smallest absolute Gasteiger partial charge is 0.251 e. The molecule has 13 heavy (non-hydrogen) atoms. The van der Waals surface area contributed by atoms with Gasteiger partial charge in [-0.2, -0.15) is 0 Å². The molecule has 1 heterocycles. The number of hydrogen-bond donors (Lipinski definition) is 0. The maximum Gasteiger partial charge on any atom is 0.251 e. The number of alkyl halides is 2. The topological polar surface area (TPSA) is 3.88 Å². The van der Waals surface area contributed by atoms with E-state index in [1.807, 2.05) is 18.2 Å². The number of hydrogen-bond acceptors (Lipinski definition) is 0. The van der Waals surface area contributed by atoms with E-state index in [2.05, 4.69) is 0 Å². The first-order chi connectivity index (χ1) is 5.58. The van der Waals surface area contributed by atoms with Gasteiger partial charge in [0.1, 0.15) is 0 Å². The summed E-state index contributed by atoms with van der Waals surface area (Å²) in [6.45, 7) is 1.31. The van der Waals surface area contributed by atoms with Gasteiger partial charge < -0.3 is 17.0 Å². The van der Waals surface area contributed by atoms with E-state index in [1.165, 1.54) is 0 Å². The predicted molar refractivity (Wildman–Crippen MR) is 41.9 cm³/mol. The third-order valence-corrected chi connectivity index (χ3v) is 1.59. The highest BCUT2D eigenvalue weighted by Crippen LogP contribution is 2.15. The van der Waals surface area contributed by atoms with Gasteiger partial charge in [-0.05, 0) is 6.92 Å². The SMILES string of the molecule is CC(F)(F)CC[n+]1ccccc1.[Br-]. The average Bonchev–Trinajstić information content (AvgIpc) is 2.02. The molecule has 1 nitrogen and oxygen atoms in total. The average molecular weight is 252 g/mol. The van der Waals surface area contributed by atoms with E-state index < -0.39 is 5.92 Å². The lowest BCUT2D eigenvalue weighted by atomic mass is 10.2. The molecule has 74 valence electrons. The van der Waals surface area contributed by atoms with Crippen LogP contribution in [0.2, 0.25) is 0 Å². The Morgan fingerprint density at radius 1 is 1.15 bits per heavy atom. The molecule has 0 radical (unpaired) electrons. The Labute approximate surface area is 87.2 Å². The monoisotopic (exact) mass is 251 g/mol. The van der Waals surface area contributed by atoms with Crippen LogP contribution < -0.4 is 21.5 Å². The molecule has 1 aromatic heterocycles. The number of nitrogens with zero attached hydrogens (tertiary/aromatic N) is 1. The van der Waals surface area contributed by atoms with Crippen LogP contribution >= 0.6 is 0 Å². The molecule has 1 aromatic rings. The molecule has 0 amide bonds. The molecular formula is C9H12BrF2N. The first kappa shape index (κ1) is 12.5. The second-order valence-electron chi connectivity index (χ2n) is 2.93. The van der Waals surface area contributed by atoms with E-state index in [1.54, 1.807) is 17.0 Å². The summed E-state index contributed by atoms with van der Waals surface area (Å²) in [5.41, 5.74) is 0. The van der Waals surface area contributed by atoms with Crippen molar-refractivity contribution in [2.75, 3.05) is 0 Å². The van der Waals surface area contributed by atoms with Crippen molar-refractivity contribution in [2.24, 2.45) is 0 Å². The Hall–Kier alpha value is -0.510. The molecule has 0 spiro atoms. The molecular weight excluding hydrogens is 240 g/mol. The number of aromatic nitrogens is 1. The molecule has 0 bridgehead atoms. The summed E-state index contributed by atoms with van der Waals surface area (Å²) < 4.78 is 26.5. The summed E-state index contributed by atoms with van der Waals surface area (Å²) in [6, 6.07) is 5.52. The van der Waals surface area contributed by atoms with E-state index in [9.17, 15) is 8.78 Å². The molecule has 0 atom stereocenters. The molecule has 0 unspecified atom stereocenters. The Morgan fingerprint density at radius 2 is 1.69 bits per heavy atom. The molecule has 1 rings (SSSR count). The highest BCUT2D eigenvalue weighted by molar-refractivity contribution is 4.83. The first-order valence-electron chi connectivity index (χ1n) is 3.90. The molecule has 0 saturated heterocycles. The van der Waals surface area contributed by atoms with E-state index in [0.717, 1.165) is 6.92 Å². The second-order valence-corrected chi connectivity index (χ2v) is 2.93. The number of rotatable bonds is 3. The third-order valence-electron chi connectivity index (χ3n) is 1.59. The van der Waals surface area contributed by atoms with Crippen LogP contribution in [0.3, 0.4) is 0 Å². The van der Waals surface area contributed by atoms with E-state index in [4.69, 9.17) is 0 Å². The van der Waals surface area contributed by atoms with Crippen molar-refractivity contribution in [3.8, 4) is 0 Å². The van der Waals surface area contributed by atoms with Crippen LogP contribution in [0.1, 0.15) is 13.3 Å². The van der Waals surface area contributed by atoms with Gasteiger partial charge in [0, 0.05) is 12.1 Å². The van der Waals surface area contributed by atoms with Gasteiger partial charge in [-0.1, -0.05) is 6.07 Å². The van der Waals surface area contributed by atoms with Crippen molar-refractivity contribution in [1.29, 1.82) is 0 Å². The summed E-state index contributed by atoms with van der Waals surface area (Å²) >= 11 is 0. The van der Waals surface area contributed by atoms with Crippen LogP contribution in [-0.2, 0) is 6.54 Å². The van der Waals surface area contributed by atoms with Crippen LogP contribution in [0.15, 0.2) is 30.6 Å². The summed E-state index contributed by atoms with van der Waals surface area (Å²) in [4.78, 5) is 0. The highest BCUT2D eigenvalue weighted by atomic mass is 79.9. The zero-order valence-corrected chi connectivity index (χ0v) is 8.97. The van der Waals surface area contributed by atoms with Gasteiger partial charge in [0.15, 0.2) is 18.9 Å². The Balaban J connectivity index is 0.00000144. The van der Waals surface area contributed by atoms with Crippen molar-refractivity contribution >= 4 is 0 Å². The lowest BCUT2D eigenvalue weighted by molar-refractivity contribution is -0.699. The van der Waals surface area contributed by atoms with Crippen LogP contribution in [0.25, 0.3) is 0 Å². The lowest BCUT2D eigenvalue weighted by Gasteiger charge is -2.05. The second kappa shape index (κ2) is 5.27. The fraction of sp³-hybridized carbons (Fsp3) is 0.444. The molecule has 4 heteroatoms. The van der Waals surface area contributed by atoms with Gasteiger partial charge in [0.25, 0.3) is 5.92 Å². The molecule has 0 aromatic carbocycles. The maximum absolute atomic E-state index is 12.4. The number of pyridine rings is 1. The molecule has 0 N–H and O–H groups in total. The highest BCUT2D eigenvalue weighted by Gasteiger charge is 2.22.